The van der Waals surface area contributed by atoms with Crippen LogP contribution in [0.2, 0.25) is 0 Å². The lowest BCUT2D eigenvalue weighted by atomic mass is 9.98. The Morgan fingerprint density at radius 3 is 2.94 bits per heavy atom. The molecule has 1 heteroatoms. The number of aryl methyl sites for hydroxylation is 2. The fourth-order valence-corrected chi connectivity index (χ4v) is 2.18. The smallest absolute Gasteiger partial charge is 0.0486 e. The largest absolute Gasteiger partial charge is 0.361 e. The summed E-state index contributed by atoms with van der Waals surface area (Å²) in [5.41, 5.74) is 4.12. The molecule has 1 unspecified atom stereocenters. The quantitative estimate of drug-likeness (QED) is 0.764. The van der Waals surface area contributed by atoms with Crippen LogP contribution < -0.4 is 0 Å². The Balaban J connectivity index is 0.00000144. The number of rotatable bonds is 4. The predicted octanol–water partition coefficient (Wildman–Crippen LogP) is 4.70. The Labute approximate surface area is 99.4 Å². The standard InChI is InChI=1S/C15H21N.H2/c1-4-11(2)8-9-13-10-16-15-12(3)6-5-7-14(13)15;/h5-7,10-11,16H,4,8-9H2,1-3H3;1H. The van der Waals surface area contributed by atoms with Crippen molar-refractivity contribution < 1.29 is 1.43 Å². The zero-order chi connectivity index (χ0) is 11.5. The average Bonchev–Trinajstić information content (AvgIpc) is 2.70. The lowest BCUT2D eigenvalue weighted by Crippen LogP contribution is -1.94. The van der Waals surface area contributed by atoms with Gasteiger partial charge in [0.1, 0.15) is 0 Å². The Hall–Kier alpha value is -1.24. The van der Waals surface area contributed by atoms with Crippen LogP contribution in [-0.2, 0) is 6.42 Å². The molecule has 1 atom stereocenters. The Morgan fingerprint density at radius 2 is 2.19 bits per heavy atom. The Kier molecular flexibility index (Phi) is 3.33. The highest BCUT2D eigenvalue weighted by Gasteiger charge is 2.06. The number of aromatic nitrogens is 1. The monoisotopic (exact) mass is 217 g/mol. The van der Waals surface area contributed by atoms with E-state index in [1.807, 2.05) is 0 Å². The Bertz CT molecular complexity index is 473. The fraction of sp³-hybridized carbons (Fsp3) is 0.467. The number of hydrogen-bond acceptors (Lipinski definition) is 0. The summed E-state index contributed by atoms with van der Waals surface area (Å²) < 4.78 is 0. The van der Waals surface area contributed by atoms with Crippen LogP contribution in [0.5, 0.6) is 0 Å². The van der Waals surface area contributed by atoms with Gasteiger partial charge in [-0.1, -0.05) is 38.5 Å². The van der Waals surface area contributed by atoms with Gasteiger partial charge in [0.2, 0.25) is 0 Å². The van der Waals surface area contributed by atoms with Crippen LogP contribution in [0.1, 0.15) is 39.2 Å². The van der Waals surface area contributed by atoms with Gasteiger partial charge >= 0.3 is 0 Å². The van der Waals surface area contributed by atoms with Crippen molar-refractivity contribution in [1.82, 2.24) is 4.98 Å². The average molecular weight is 217 g/mol. The van der Waals surface area contributed by atoms with Crippen LogP contribution >= 0.6 is 0 Å². The molecule has 1 heterocycles. The van der Waals surface area contributed by atoms with Crippen molar-refractivity contribution in [1.29, 1.82) is 0 Å². The van der Waals surface area contributed by atoms with Crippen molar-refractivity contribution in [3.05, 3.63) is 35.5 Å². The minimum absolute atomic E-state index is 0. The molecule has 1 aromatic carbocycles. The van der Waals surface area contributed by atoms with Crippen LogP contribution in [-0.4, -0.2) is 4.98 Å². The van der Waals surface area contributed by atoms with Crippen LogP contribution in [0, 0.1) is 12.8 Å². The topological polar surface area (TPSA) is 15.8 Å². The number of aromatic amines is 1. The van der Waals surface area contributed by atoms with Gasteiger partial charge in [-0.25, -0.2) is 0 Å². The summed E-state index contributed by atoms with van der Waals surface area (Å²) in [6.07, 6.45) is 5.94. The molecule has 1 nitrogen and oxygen atoms in total. The fourth-order valence-electron chi connectivity index (χ4n) is 2.18. The molecule has 0 radical (unpaired) electrons. The summed E-state index contributed by atoms with van der Waals surface area (Å²) in [5.74, 6) is 0.828. The lowest BCUT2D eigenvalue weighted by molar-refractivity contribution is 0.517. The van der Waals surface area contributed by atoms with E-state index in [1.54, 1.807) is 0 Å². The molecule has 0 saturated heterocycles. The summed E-state index contributed by atoms with van der Waals surface area (Å²) in [6, 6.07) is 6.54. The van der Waals surface area contributed by atoms with E-state index in [1.165, 1.54) is 41.3 Å². The van der Waals surface area contributed by atoms with E-state index in [-0.39, 0.29) is 1.43 Å². The van der Waals surface area contributed by atoms with Gasteiger partial charge in [0, 0.05) is 18.5 Å². The lowest BCUT2D eigenvalue weighted by Gasteiger charge is -2.06. The first-order valence-electron chi connectivity index (χ1n) is 6.28. The van der Waals surface area contributed by atoms with E-state index < -0.39 is 0 Å². The third-order valence-electron chi connectivity index (χ3n) is 3.61. The van der Waals surface area contributed by atoms with E-state index in [0.717, 1.165) is 5.92 Å². The summed E-state index contributed by atoms with van der Waals surface area (Å²) >= 11 is 0. The van der Waals surface area contributed by atoms with Crippen molar-refractivity contribution in [3.63, 3.8) is 0 Å². The van der Waals surface area contributed by atoms with Gasteiger partial charge in [-0.2, -0.15) is 0 Å². The summed E-state index contributed by atoms with van der Waals surface area (Å²) in [5, 5.41) is 1.41. The van der Waals surface area contributed by atoms with E-state index in [2.05, 4.69) is 50.2 Å². The second kappa shape index (κ2) is 4.73. The normalized spacial score (nSPS) is 13.2. The second-order valence-electron chi connectivity index (χ2n) is 4.86. The number of nitrogens with one attached hydrogen (secondary N) is 1. The highest BCUT2D eigenvalue weighted by molar-refractivity contribution is 5.85. The van der Waals surface area contributed by atoms with E-state index in [0.29, 0.717) is 0 Å². The molecule has 0 spiro atoms. The zero-order valence-corrected chi connectivity index (χ0v) is 10.5. The maximum absolute atomic E-state index is 3.40. The number of benzene rings is 1. The minimum atomic E-state index is 0. The molecule has 88 valence electrons. The third-order valence-corrected chi connectivity index (χ3v) is 3.61. The van der Waals surface area contributed by atoms with Crippen LogP contribution in [0.4, 0.5) is 0 Å². The van der Waals surface area contributed by atoms with Crippen molar-refractivity contribution in [3.8, 4) is 0 Å². The molecule has 2 rings (SSSR count). The molecular formula is C15H23N. The molecule has 1 N–H and O–H groups in total. The molecule has 0 amide bonds. The number of fused-ring (bicyclic) bond motifs is 1. The molecule has 0 fully saturated rings. The number of hydrogen-bond donors (Lipinski definition) is 1. The maximum Gasteiger partial charge on any atom is 0.0486 e. The van der Waals surface area contributed by atoms with E-state index in [4.69, 9.17) is 0 Å². The maximum atomic E-state index is 3.40. The van der Waals surface area contributed by atoms with E-state index in [9.17, 15) is 0 Å². The molecule has 0 saturated carbocycles. The first kappa shape index (κ1) is 11.3. The molecule has 1 aromatic heterocycles. The summed E-state index contributed by atoms with van der Waals surface area (Å²) in [7, 11) is 0. The summed E-state index contributed by atoms with van der Waals surface area (Å²) in [4.78, 5) is 3.40. The van der Waals surface area contributed by atoms with Gasteiger partial charge in [0.05, 0.1) is 0 Å². The molecule has 0 aliphatic heterocycles. The highest BCUT2D eigenvalue weighted by atomic mass is 14.7. The van der Waals surface area contributed by atoms with Gasteiger partial charge in [-0.05, 0) is 36.8 Å². The molecule has 0 aliphatic carbocycles. The van der Waals surface area contributed by atoms with Gasteiger partial charge in [-0.3, -0.25) is 0 Å². The van der Waals surface area contributed by atoms with Crippen LogP contribution in [0.3, 0.4) is 0 Å². The third kappa shape index (κ3) is 2.13. The first-order valence-corrected chi connectivity index (χ1v) is 6.28. The van der Waals surface area contributed by atoms with Crippen molar-refractivity contribution >= 4 is 10.9 Å². The van der Waals surface area contributed by atoms with Crippen LogP contribution in [0.15, 0.2) is 24.4 Å². The number of para-hydroxylation sites is 1. The number of H-pyrrole nitrogens is 1. The predicted molar refractivity (Wildman–Crippen MR) is 72.9 cm³/mol. The highest BCUT2D eigenvalue weighted by Crippen LogP contribution is 2.23. The zero-order valence-electron chi connectivity index (χ0n) is 10.5. The van der Waals surface area contributed by atoms with Gasteiger partial charge in [-0.15, -0.1) is 0 Å². The van der Waals surface area contributed by atoms with Gasteiger partial charge in [0.15, 0.2) is 0 Å². The molecule has 2 aromatic rings. The van der Waals surface area contributed by atoms with Gasteiger partial charge in [0.25, 0.3) is 0 Å². The second-order valence-corrected chi connectivity index (χ2v) is 4.86. The van der Waals surface area contributed by atoms with Crippen LogP contribution in [0.25, 0.3) is 10.9 Å². The van der Waals surface area contributed by atoms with Crippen molar-refractivity contribution in [2.75, 3.05) is 0 Å². The molecule has 0 aliphatic rings. The van der Waals surface area contributed by atoms with Crippen molar-refractivity contribution in [2.45, 2.75) is 40.0 Å². The minimum Gasteiger partial charge on any atom is -0.361 e. The van der Waals surface area contributed by atoms with E-state index >= 15 is 0 Å². The SMILES string of the molecule is CCC(C)CCc1c[nH]c2c(C)cccc12.[HH]. The summed E-state index contributed by atoms with van der Waals surface area (Å²) in [6.45, 7) is 6.77. The molecular weight excluding hydrogens is 194 g/mol. The van der Waals surface area contributed by atoms with Gasteiger partial charge < -0.3 is 4.98 Å². The first-order chi connectivity index (χ1) is 7.72. The Morgan fingerprint density at radius 1 is 1.38 bits per heavy atom. The van der Waals surface area contributed by atoms with Crippen molar-refractivity contribution in [2.24, 2.45) is 5.92 Å². The molecule has 16 heavy (non-hydrogen) atoms. The molecule has 0 bridgehead atoms.